The molecular formula is C16H20. The van der Waals surface area contributed by atoms with E-state index in [2.05, 4.69) is 50.8 Å². The smallest absolute Gasteiger partial charge is 0.00206 e. The van der Waals surface area contributed by atoms with Crippen molar-refractivity contribution in [3.63, 3.8) is 0 Å². The summed E-state index contributed by atoms with van der Waals surface area (Å²) < 4.78 is 0. The molecule has 2 rings (SSSR count). The van der Waals surface area contributed by atoms with E-state index < -0.39 is 0 Å². The molecule has 0 N–H and O–H groups in total. The van der Waals surface area contributed by atoms with Gasteiger partial charge in [0.1, 0.15) is 0 Å². The molecule has 0 radical (unpaired) electrons. The number of rotatable bonds is 3. The summed E-state index contributed by atoms with van der Waals surface area (Å²) in [6.07, 6.45) is 5.52. The van der Waals surface area contributed by atoms with Gasteiger partial charge >= 0.3 is 0 Å². The molecule has 0 spiro atoms. The Morgan fingerprint density at radius 1 is 1.25 bits per heavy atom. The van der Waals surface area contributed by atoms with Crippen LogP contribution in [0.2, 0.25) is 0 Å². The first-order valence-corrected chi connectivity index (χ1v) is 6.24. The highest BCUT2D eigenvalue weighted by atomic mass is 14.3. The van der Waals surface area contributed by atoms with Crippen LogP contribution in [-0.2, 0) is 6.42 Å². The molecule has 0 aromatic heterocycles. The summed E-state index contributed by atoms with van der Waals surface area (Å²) in [7, 11) is 0. The van der Waals surface area contributed by atoms with E-state index >= 15 is 0 Å². The van der Waals surface area contributed by atoms with Gasteiger partial charge in [-0.25, -0.2) is 0 Å². The molecule has 0 saturated carbocycles. The van der Waals surface area contributed by atoms with Crippen molar-refractivity contribution in [2.45, 2.75) is 33.1 Å². The minimum absolute atomic E-state index is 0.551. The first kappa shape index (κ1) is 11.2. The average Bonchev–Trinajstić information content (AvgIpc) is 2.36. The monoisotopic (exact) mass is 212 g/mol. The van der Waals surface area contributed by atoms with E-state index in [0.29, 0.717) is 5.92 Å². The molecule has 0 fully saturated rings. The second-order valence-electron chi connectivity index (χ2n) is 4.41. The van der Waals surface area contributed by atoms with Crippen molar-refractivity contribution >= 4 is 5.57 Å². The van der Waals surface area contributed by atoms with Gasteiger partial charge in [0.25, 0.3) is 0 Å². The highest BCUT2D eigenvalue weighted by molar-refractivity contribution is 5.73. The molecule has 0 heteroatoms. The molecule has 0 aliphatic heterocycles. The van der Waals surface area contributed by atoms with Crippen molar-refractivity contribution in [3.05, 3.63) is 53.6 Å². The maximum atomic E-state index is 3.99. The van der Waals surface area contributed by atoms with Crippen LogP contribution >= 0.6 is 0 Å². The third-order valence-corrected chi connectivity index (χ3v) is 3.64. The van der Waals surface area contributed by atoms with Crippen molar-refractivity contribution in [1.82, 2.24) is 0 Å². The fourth-order valence-electron chi connectivity index (χ4n) is 2.87. The predicted octanol–water partition coefficient (Wildman–Crippen LogP) is 4.62. The Hall–Kier alpha value is -1.30. The Kier molecular flexibility index (Phi) is 3.28. The molecule has 0 bridgehead atoms. The van der Waals surface area contributed by atoms with Crippen LogP contribution in [0.4, 0.5) is 0 Å². The van der Waals surface area contributed by atoms with Crippen molar-refractivity contribution in [1.29, 1.82) is 0 Å². The lowest BCUT2D eigenvalue weighted by Crippen LogP contribution is -2.14. The molecule has 0 heterocycles. The Labute approximate surface area is 98.7 Å². The van der Waals surface area contributed by atoms with Gasteiger partial charge in [0.05, 0.1) is 0 Å². The summed E-state index contributed by atoms with van der Waals surface area (Å²) in [5.41, 5.74) is 6.10. The highest BCUT2D eigenvalue weighted by Gasteiger charge is 2.22. The second kappa shape index (κ2) is 4.69. The van der Waals surface area contributed by atoms with Crippen LogP contribution < -0.4 is 0 Å². The number of fused-ring (bicyclic) bond motifs is 1. The quantitative estimate of drug-likeness (QED) is 0.641. The van der Waals surface area contributed by atoms with Gasteiger partial charge in [-0.2, -0.15) is 0 Å². The number of hydrogen-bond acceptors (Lipinski definition) is 0. The summed E-state index contributed by atoms with van der Waals surface area (Å²) in [4.78, 5) is 0. The van der Waals surface area contributed by atoms with Gasteiger partial charge in [0.15, 0.2) is 0 Å². The summed E-state index contributed by atoms with van der Waals surface area (Å²) in [5.74, 6) is 0.551. The molecule has 16 heavy (non-hydrogen) atoms. The minimum Gasteiger partial charge on any atom is -0.102 e. The highest BCUT2D eigenvalue weighted by Crippen LogP contribution is 2.38. The zero-order chi connectivity index (χ0) is 11.5. The van der Waals surface area contributed by atoms with Gasteiger partial charge in [0.2, 0.25) is 0 Å². The Morgan fingerprint density at radius 2 is 2.00 bits per heavy atom. The largest absolute Gasteiger partial charge is 0.102 e. The van der Waals surface area contributed by atoms with Crippen LogP contribution in [0.15, 0.2) is 42.5 Å². The van der Waals surface area contributed by atoms with Crippen LogP contribution in [0.5, 0.6) is 0 Å². The van der Waals surface area contributed by atoms with Crippen molar-refractivity contribution in [2.75, 3.05) is 0 Å². The first-order chi connectivity index (χ1) is 7.81. The van der Waals surface area contributed by atoms with E-state index in [-0.39, 0.29) is 0 Å². The number of hydrogen-bond donors (Lipinski definition) is 0. The zero-order valence-corrected chi connectivity index (χ0v) is 10.3. The molecule has 1 aliphatic carbocycles. The van der Waals surface area contributed by atoms with Gasteiger partial charge in [-0.1, -0.05) is 49.8 Å². The van der Waals surface area contributed by atoms with Crippen molar-refractivity contribution < 1.29 is 0 Å². The maximum Gasteiger partial charge on any atom is 0.00206 e. The molecule has 1 aromatic carbocycles. The zero-order valence-electron chi connectivity index (χ0n) is 10.3. The molecular weight excluding hydrogens is 192 g/mol. The van der Waals surface area contributed by atoms with Crippen LogP contribution in [-0.4, -0.2) is 0 Å². The third kappa shape index (κ3) is 1.73. The number of benzene rings is 1. The second-order valence-corrected chi connectivity index (χ2v) is 4.41. The molecule has 1 aliphatic rings. The minimum atomic E-state index is 0.551. The summed E-state index contributed by atoms with van der Waals surface area (Å²) in [5, 5.41) is 0. The van der Waals surface area contributed by atoms with Crippen LogP contribution in [0.25, 0.3) is 5.57 Å². The fourth-order valence-corrected chi connectivity index (χ4v) is 2.87. The van der Waals surface area contributed by atoms with Crippen LogP contribution in [0, 0.1) is 5.92 Å². The molecule has 84 valence electrons. The van der Waals surface area contributed by atoms with Gasteiger partial charge in [-0.3, -0.25) is 0 Å². The predicted molar refractivity (Wildman–Crippen MR) is 71.3 cm³/mol. The normalized spacial score (nSPS) is 19.5. The Morgan fingerprint density at radius 3 is 2.62 bits per heavy atom. The Balaban J connectivity index is 2.59. The van der Waals surface area contributed by atoms with Gasteiger partial charge in [-0.15, -0.1) is 6.58 Å². The van der Waals surface area contributed by atoms with Crippen molar-refractivity contribution in [3.8, 4) is 0 Å². The van der Waals surface area contributed by atoms with Crippen molar-refractivity contribution in [2.24, 2.45) is 5.92 Å². The van der Waals surface area contributed by atoms with E-state index in [1.165, 1.54) is 11.1 Å². The molecule has 0 nitrogen and oxygen atoms in total. The standard InChI is InChI=1S/C16H20/c1-4-12-11-13-9-7-8-10-16(13)15(6-3)14(12)5-2/h4,7-10,12H,1,5-6,11H2,2-3H3. The van der Waals surface area contributed by atoms with E-state index in [9.17, 15) is 0 Å². The maximum absolute atomic E-state index is 3.99. The molecule has 1 aromatic rings. The van der Waals surface area contributed by atoms with E-state index in [1.54, 1.807) is 11.1 Å². The topological polar surface area (TPSA) is 0 Å². The van der Waals surface area contributed by atoms with Gasteiger partial charge in [-0.05, 0) is 36.0 Å². The SMILES string of the molecule is C=CC1Cc2ccccc2C(CC)=C1CC. The first-order valence-electron chi connectivity index (χ1n) is 6.24. The molecule has 1 atom stereocenters. The fraction of sp³-hybridized carbons (Fsp3) is 0.375. The van der Waals surface area contributed by atoms with E-state index in [0.717, 1.165) is 19.3 Å². The number of allylic oxidation sites excluding steroid dienone is 3. The Bertz CT molecular complexity index is 423. The van der Waals surface area contributed by atoms with Crippen LogP contribution in [0.3, 0.4) is 0 Å². The van der Waals surface area contributed by atoms with E-state index in [1.807, 2.05) is 0 Å². The molecule has 0 saturated heterocycles. The lowest BCUT2D eigenvalue weighted by molar-refractivity contribution is 0.706. The van der Waals surface area contributed by atoms with Gasteiger partial charge in [0, 0.05) is 5.92 Å². The summed E-state index contributed by atoms with van der Waals surface area (Å²) in [6, 6.07) is 8.82. The molecule has 1 unspecified atom stereocenters. The molecule has 0 amide bonds. The summed E-state index contributed by atoms with van der Waals surface area (Å²) >= 11 is 0. The lowest BCUT2D eigenvalue weighted by atomic mass is 9.77. The average molecular weight is 212 g/mol. The lowest BCUT2D eigenvalue weighted by Gasteiger charge is -2.28. The van der Waals surface area contributed by atoms with Gasteiger partial charge < -0.3 is 0 Å². The van der Waals surface area contributed by atoms with Crippen LogP contribution in [0.1, 0.15) is 37.8 Å². The third-order valence-electron chi connectivity index (χ3n) is 3.64. The van der Waals surface area contributed by atoms with E-state index in [4.69, 9.17) is 0 Å². The summed E-state index contributed by atoms with van der Waals surface area (Å²) in [6.45, 7) is 8.51.